The van der Waals surface area contributed by atoms with Crippen molar-refractivity contribution >= 4 is 0 Å². The minimum Gasteiger partial charge on any atom is -0.508 e. The van der Waals surface area contributed by atoms with Gasteiger partial charge in [0.2, 0.25) is 0 Å². The van der Waals surface area contributed by atoms with Crippen LogP contribution in [0, 0.1) is 5.92 Å². The summed E-state index contributed by atoms with van der Waals surface area (Å²) in [5, 5.41) is 13.0. The van der Waals surface area contributed by atoms with Crippen molar-refractivity contribution in [2.75, 3.05) is 13.2 Å². The third-order valence-corrected chi connectivity index (χ3v) is 3.56. The third-order valence-electron chi connectivity index (χ3n) is 3.56. The summed E-state index contributed by atoms with van der Waals surface area (Å²) in [6, 6.07) is 8.12. The Kier molecular flexibility index (Phi) is 4.02. The molecule has 1 aromatic carbocycles. The van der Waals surface area contributed by atoms with Gasteiger partial charge in [-0.3, -0.25) is 0 Å². The van der Waals surface area contributed by atoms with Gasteiger partial charge in [0.05, 0.1) is 6.61 Å². The first-order valence-corrected chi connectivity index (χ1v) is 6.29. The highest BCUT2D eigenvalue weighted by Crippen LogP contribution is 2.22. The van der Waals surface area contributed by atoms with Crippen molar-refractivity contribution in [1.82, 2.24) is 5.32 Å². The number of benzene rings is 1. The van der Waals surface area contributed by atoms with E-state index in [1.54, 1.807) is 6.07 Å². The van der Waals surface area contributed by atoms with Crippen molar-refractivity contribution in [1.29, 1.82) is 0 Å². The van der Waals surface area contributed by atoms with Gasteiger partial charge in [-0.05, 0) is 43.9 Å². The van der Waals surface area contributed by atoms with Crippen molar-refractivity contribution in [2.24, 2.45) is 5.92 Å². The maximum Gasteiger partial charge on any atom is 0.115 e. The van der Waals surface area contributed by atoms with Gasteiger partial charge in [-0.2, -0.15) is 0 Å². The molecule has 0 saturated carbocycles. The van der Waals surface area contributed by atoms with E-state index in [2.05, 4.69) is 19.2 Å². The first-order valence-electron chi connectivity index (χ1n) is 6.29. The Bertz CT molecular complexity index is 361. The number of aromatic hydroxyl groups is 1. The molecular formula is C14H21NO2. The molecule has 0 aliphatic carbocycles. The normalized spacial score (nSPS) is 23.5. The fourth-order valence-electron chi connectivity index (χ4n) is 2.37. The number of phenols is 1. The first kappa shape index (κ1) is 12.4. The van der Waals surface area contributed by atoms with Crippen LogP contribution in [0.15, 0.2) is 24.3 Å². The lowest BCUT2D eigenvalue weighted by Crippen LogP contribution is -2.35. The summed E-state index contributed by atoms with van der Waals surface area (Å²) in [6.45, 7) is 6.08. The molecule has 0 radical (unpaired) electrons. The van der Waals surface area contributed by atoms with E-state index in [0.29, 0.717) is 17.7 Å². The molecule has 1 heterocycles. The molecule has 0 aromatic heterocycles. The van der Waals surface area contributed by atoms with E-state index in [1.165, 1.54) is 0 Å². The van der Waals surface area contributed by atoms with Gasteiger partial charge in [-0.15, -0.1) is 0 Å². The molecule has 2 N–H and O–H groups in total. The van der Waals surface area contributed by atoms with Gasteiger partial charge < -0.3 is 15.2 Å². The largest absolute Gasteiger partial charge is 0.508 e. The molecule has 1 aliphatic heterocycles. The van der Waals surface area contributed by atoms with Crippen LogP contribution in [-0.4, -0.2) is 24.4 Å². The lowest BCUT2D eigenvalue weighted by molar-refractivity contribution is 0.177. The molecule has 3 atom stereocenters. The maximum atomic E-state index is 9.46. The van der Waals surface area contributed by atoms with Gasteiger partial charge in [0.25, 0.3) is 0 Å². The Morgan fingerprint density at radius 2 is 2.24 bits per heavy atom. The monoisotopic (exact) mass is 235 g/mol. The van der Waals surface area contributed by atoms with Gasteiger partial charge in [0, 0.05) is 18.7 Å². The molecule has 1 aliphatic rings. The van der Waals surface area contributed by atoms with Crippen LogP contribution in [0.2, 0.25) is 0 Å². The zero-order valence-electron chi connectivity index (χ0n) is 10.5. The second kappa shape index (κ2) is 5.52. The van der Waals surface area contributed by atoms with Gasteiger partial charge in [-0.25, -0.2) is 0 Å². The van der Waals surface area contributed by atoms with Crippen LogP contribution in [-0.2, 0) is 4.74 Å². The van der Waals surface area contributed by atoms with Crippen LogP contribution in [0.1, 0.15) is 31.9 Å². The minimum absolute atomic E-state index is 0.248. The fourth-order valence-corrected chi connectivity index (χ4v) is 2.37. The molecule has 2 rings (SSSR count). The topological polar surface area (TPSA) is 41.5 Å². The lowest BCUT2D eigenvalue weighted by Gasteiger charge is -2.24. The maximum absolute atomic E-state index is 9.46. The minimum atomic E-state index is 0.248. The molecule has 3 heteroatoms. The molecule has 94 valence electrons. The third kappa shape index (κ3) is 3.20. The summed E-state index contributed by atoms with van der Waals surface area (Å²) in [4.78, 5) is 0. The molecule has 1 aromatic rings. The zero-order valence-corrected chi connectivity index (χ0v) is 10.5. The lowest BCUT2D eigenvalue weighted by atomic mass is 9.98. The van der Waals surface area contributed by atoms with E-state index >= 15 is 0 Å². The van der Waals surface area contributed by atoms with E-state index in [4.69, 9.17) is 4.74 Å². The number of rotatable bonds is 4. The zero-order chi connectivity index (χ0) is 12.3. The average molecular weight is 235 g/mol. The summed E-state index contributed by atoms with van der Waals surface area (Å²) in [5.74, 6) is 0.933. The SMILES string of the molecule is CC(NC(C)C1CCOC1)c1cccc(O)c1. The fraction of sp³-hybridized carbons (Fsp3) is 0.571. The quantitative estimate of drug-likeness (QED) is 0.842. The van der Waals surface area contributed by atoms with Gasteiger partial charge in [-0.1, -0.05) is 12.1 Å². The second-order valence-corrected chi connectivity index (χ2v) is 4.90. The highest BCUT2D eigenvalue weighted by molar-refractivity contribution is 5.29. The Balaban J connectivity index is 1.93. The van der Waals surface area contributed by atoms with E-state index in [1.807, 2.05) is 18.2 Å². The highest BCUT2D eigenvalue weighted by Gasteiger charge is 2.23. The highest BCUT2D eigenvalue weighted by atomic mass is 16.5. The van der Waals surface area contributed by atoms with E-state index in [-0.39, 0.29) is 6.04 Å². The summed E-state index contributed by atoms with van der Waals surface area (Å²) in [6.07, 6.45) is 1.14. The van der Waals surface area contributed by atoms with E-state index < -0.39 is 0 Å². The second-order valence-electron chi connectivity index (χ2n) is 4.90. The van der Waals surface area contributed by atoms with Crippen LogP contribution in [0.5, 0.6) is 5.75 Å². The summed E-state index contributed by atoms with van der Waals surface area (Å²) < 4.78 is 5.40. The van der Waals surface area contributed by atoms with Crippen LogP contribution in [0.3, 0.4) is 0 Å². The predicted octanol–water partition coefficient (Wildman–Crippen LogP) is 2.47. The van der Waals surface area contributed by atoms with E-state index in [0.717, 1.165) is 25.2 Å². The van der Waals surface area contributed by atoms with Gasteiger partial charge in [0.1, 0.15) is 5.75 Å². The molecular weight excluding hydrogens is 214 g/mol. The van der Waals surface area contributed by atoms with E-state index in [9.17, 15) is 5.11 Å². The van der Waals surface area contributed by atoms with Crippen LogP contribution >= 0.6 is 0 Å². The summed E-state index contributed by atoms with van der Waals surface area (Å²) >= 11 is 0. The predicted molar refractivity (Wildman–Crippen MR) is 68.0 cm³/mol. The number of ether oxygens (including phenoxy) is 1. The van der Waals surface area contributed by atoms with Gasteiger partial charge >= 0.3 is 0 Å². The standard InChI is InChI=1S/C14H21NO2/c1-10(12-4-3-5-14(16)8-12)15-11(2)13-6-7-17-9-13/h3-5,8,10-11,13,15-16H,6-7,9H2,1-2H3. The summed E-state index contributed by atoms with van der Waals surface area (Å²) in [7, 11) is 0. The smallest absolute Gasteiger partial charge is 0.115 e. The Morgan fingerprint density at radius 3 is 2.88 bits per heavy atom. The number of hydrogen-bond acceptors (Lipinski definition) is 3. The molecule has 0 bridgehead atoms. The average Bonchev–Trinajstić information content (AvgIpc) is 2.82. The van der Waals surface area contributed by atoms with Crippen LogP contribution < -0.4 is 5.32 Å². The Hall–Kier alpha value is -1.06. The molecule has 0 spiro atoms. The van der Waals surface area contributed by atoms with Crippen LogP contribution in [0.25, 0.3) is 0 Å². The molecule has 1 saturated heterocycles. The Labute approximate surface area is 103 Å². The molecule has 1 fully saturated rings. The number of nitrogens with one attached hydrogen (secondary N) is 1. The molecule has 0 amide bonds. The molecule has 3 nitrogen and oxygen atoms in total. The number of phenolic OH excluding ortho intramolecular Hbond substituents is 1. The van der Waals surface area contributed by atoms with Crippen molar-refractivity contribution in [3.63, 3.8) is 0 Å². The van der Waals surface area contributed by atoms with Gasteiger partial charge in [0.15, 0.2) is 0 Å². The first-order chi connectivity index (χ1) is 8.16. The molecule has 3 unspecified atom stereocenters. The van der Waals surface area contributed by atoms with Crippen molar-refractivity contribution in [3.05, 3.63) is 29.8 Å². The van der Waals surface area contributed by atoms with Crippen molar-refractivity contribution < 1.29 is 9.84 Å². The Morgan fingerprint density at radius 1 is 1.41 bits per heavy atom. The van der Waals surface area contributed by atoms with Crippen molar-refractivity contribution in [2.45, 2.75) is 32.4 Å². The van der Waals surface area contributed by atoms with Crippen molar-refractivity contribution in [3.8, 4) is 5.75 Å². The number of hydrogen-bond donors (Lipinski definition) is 2. The van der Waals surface area contributed by atoms with Crippen LogP contribution in [0.4, 0.5) is 0 Å². The summed E-state index contributed by atoms with van der Waals surface area (Å²) in [5.41, 5.74) is 1.12. The molecule has 17 heavy (non-hydrogen) atoms.